The molecule has 0 N–H and O–H groups in total. The number of pyridine rings is 1. The van der Waals surface area contributed by atoms with Gasteiger partial charge in [0.25, 0.3) is 0 Å². The average Bonchev–Trinajstić information content (AvgIpc) is 3.05. The molecule has 0 bridgehead atoms. The summed E-state index contributed by atoms with van der Waals surface area (Å²) < 4.78 is 6.98. The minimum atomic E-state index is -0.464. The zero-order valence-corrected chi connectivity index (χ0v) is 13.9. The number of benzene rings is 1. The number of carbonyl (C=O) groups is 1. The van der Waals surface area contributed by atoms with Crippen LogP contribution in [0.3, 0.4) is 0 Å². The molecule has 0 fully saturated rings. The third-order valence-corrected chi connectivity index (χ3v) is 3.87. The van der Waals surface area contributed by atoms with Crippen molar-refractivity contribution in [1.82, 2.24) is 14.8 Å². The molecule has 6 heteroatoms. The molecular formula is C18H16ClN3O2. The van der Waals surface area contributed by atoms with Gasteiger partial charge in [0.05, 0.1) is 6.54 Å². The van der Waals surface area contributed by atoms with E-state index in [4.69, 9.17) is 16.3 Å². The molecule has 0 atom stereocenters. The Morgan fingerprint density at radius 3 is 2.75 bits per heavy atom. The van der Waals surface area contributed by atoms with E-state index in [0.717, 1.165) is 16.7 Å². The van der Waals surface area contributed by atoms with Gasteiger partial charge in [0, 0.05) is 18.0 Å². The lowest BCUT2D eigenvalue weighted by Crippen LogP contribution is -2.08. The molecular weight excluding hydrogens is 326 g/mol. The fourth-order valence-electron chi connectivity index (χ4n) is 2.25. The van der Waals surface area contributed by atoms with Crippen molar-refractivity contribution in [3.8, 4) is 0 Å². The highest BCUT2D eigenvalue weighted by Gasteiger charge is 2.12. The number of esters is 1. The molecule has 24 heavy (non-hydrogen) atoms. The fraction of sp³-hybridized carbons (Fsp3) is 0.167. The van der Waals surface area contributed by atoms with E-state index in [9.17, 15) is 4.79 Å². The van der Waals surface area contributed by atoms with Gasteiger partial charge in [-0.05, 0) is 30.2 Å². The Hall–Kier alpha value is -2.66. The second-order valence-electron chi connectivity index (χ2n) is 5.41. The molecule has 0 aliphatic rings. The van der Waals surface area contributed by atoms with Crippen LogP contribution in [0.4, 0.5) is 0 Å². The zero-order chi connectivity index (χ0) is 16.9. The molecule has 0 saturated heterocycles. The van der Waals surface area contributed by atoms with Crippen molar-refractivity contribution in [2.24, 2.45) is 0 Å². The Bertz CT molecular complexity index is 846. The second kappa shape index (κ2) is 7.27. The third kappa shape index (κ3) is 4.00. The number of hydrogen-bond acceptors (Lipinski definition) is 4. The maximum absolute atomic E-state index is 12.1. The van der Waals surface area contributed by atoms with Crippen molar-refractivity contribution < 1.29 is 9.53 Å². The molecule has 5 nitrogen and oxygen atoms in total. The molecule has 1 aromatic carbocycles. The van der Waals surface area contributed by atoms with Crippen molar-refractivity contribution in [3.63, 3.8) is 0 Å². The Morgan fingerprint density at radius 1 is 1.21 bits per heavy atom. The van der Waals surface area contributed by atoms with Crippen molar-refractivity contribution in [1.29, 1.82) is 0 Å². The predicted octanol–water partition coefficient (Wildman–Crippen LogP) is 3.65. The van der Waals surface area contributed by atoms with E-state index in [1.54, 1.807) is 23.1 Å². The Morgan fingerprint density at radius 2 is 2.00 bits per heavy atom. The first-order valence-corrected chi connectivity index (χ1v) is 7.85. The van der Waals surface area contributed by atoms with E-state index in [2.05, 4.69) is 10.1 Å². The van der Waals surface area contributed by atoms with E-state index < -0.39 is 5.97 Å². The molecule has 2 heterocycles. The van der Waals surface area contributed by atoms with Crippen LogP contribution < -0.4 is 0 Å². The molecule has 3 rings (SSSR count). The first-order valence-electron chi connectivity index (χ1n) is 7.47. The lowest BCUT2D eigenvalue weighted by atomic mass is 10.2. The van der Waals surface area contributed by atoms with Crippen molar-refractivity contribution >= 4 is 17.6 Å². The molecule has 0 saturated carbocycles. The highest BCUT2D eigenvalue weighted by molar-refractivity contribution is 6.30. The number of ether oxygens (including phenoxy) is 1. The van der Waals surface area contributed by atoms with Gasteiger partial charge in [-0.3, -0.25) is 4.68 Å². The summed E-state index contributed by atoms with van der Waals surface area (Å²) in [5.41, 5.74) is 3.03. The monoisotopic (exact) mass is 341 g/mol. The fourth-order valence-corrected chi connectivity index (χ4v) is 2.35. The summed E-state index contributed by atoms with van der Waals surface area (Å²) in [4.78, 5) is 16.1. The molecule has 0 aliphatic carbocycles. The van der Waals surface area contributed by atoms with E-state index in [1.807, 2.05) is 43.3 Å². The average molecular weight is 342 g/mol. The lowest BCUT2D eigenvalue weighted by molar-refractivity contribution is 0.0464. The number of nitrogens with zero attached hydrogens (tertiary/aromatic N) is 3. The SMILES string of the molecule is Cc1cc(COC(=O)c2ccn(Cc3ccccc3)n2)cnc1Cl. The van der Waals surface area contributed by atoms with Gasteiger partial charge < -0.3 is 4.74 Å². The summed E-state index contributed by atoms with van der Waals surface area (Å²) >= 11 is 5.88. The summed E-state index contributed by atoms with van der Waals surface area (Å²) in [5, 5.41) is 4.70. The highest BCUT2D eigenvalue weighted by Crippen LogP contribution is 2.14. The Kier molecular flexibility index (Phi) is 4.91. The van der Waals surface area contributed by atoms with E-state index in [0.29, 0.717) is 11.7 Å². The number of aromatic nitrogens is 3. The van der Waals surface area contributed by atoms with Crippen molar-refractivity contribution in [2.75, 3.05) is 0 Å². The van der Waals surface area contributed by atoms with Crippen LogP contribution in [-0.4, -0.2) is 20.7 Å². The molecule has 3 aromatic rings. The summed E-state index contributed by atoms with van der Waals surface area (Å²) in [5.74, 6) is -0.464. The topological polar surface area (TPSA) is 57.0 Å². The van der Waals surface area contributed by atoms with E-state index in [-0.39, 0.29) is 12.3 Å². The van der Waals surface area contributed by atoms with Crippen LogP contribution >= 0.6 is 11.6 Å². The third-order valence-electron chi connectivity index (χ3n) is 3.48. The van der Waals surface area contributed by atoms with Crippen LogP contribution in [-0.2, 0) is 17.9 Å². The normalized spacial score (nSPS) is 10.6. The maximum atomic E-state index is 12.1. The molecule has 122 valence electrons. The molecule has 2 aromatic heterocycles. The van der Waals surface area contributed by atoms with Gasteiger partial charge in [-0.2, -0.15) is 5.10 Å². The first kappa shape index (κ1) is 16.2. The predicted molar refractivity (Wildman–Crippen MR) is 90.9 cm³/mol. The van der Waals surface area contributed by atoms with Crippen LogP contribution in [0, 0.1) is 6.92 Å². The van der Waals surface area contributed by atoms with Crippen molar-refractivity contribution in [2.45, 2.75) is 20.1 Å². The van der Waals surface area contributed by atoms with Gasteiger partial charge in [0.1, 0.15) is 11.8 Å². The second-order valence-corrected chi connectivity index (χ2v) is 5.77. The summed E-state index contributed by atoms with van der Waals surface area (Å²) in [7, 11) is 0. The zero-order valence-electron chi connectivity index (χ0n) is 13.1. The van der Waals surface area contributed by atoms with Gasteiger partial charge in [-0.15, -0.1) is 0 Å². The van der Waals surface area contributed by atoms with Crippen molar-refractivity contribution in [3.05, 3.63) is 82.4 Å². The van der Waals surface area contributed by atoms with Gasteiger partial charge >= 0.3 is 5.97 Å². The minimum absolute atomic E-state index is 0.134. The van der Waals surface area contributed by atoms with E-state index >= 15 is 0 Å². The van der Waals surface area contributed by atoms with E-state index in [1.165, 1.54) is 0 Å². The quantitative estimate of drug-likeness (QED) is 0.525. The number of carbonyl (C=O) groups excluding carboxylic acids is 1. The highest BCUT2D eigenvalue weighted by atomic mass is 35.5. The number of aryl methyl sites for hydroxylation is 1. The largest absolute Gasteiger partial charge is 0.456 e. The van der Waals surface area contributed by atoms with Gasteiger partial charge in [-0.25, -0.2) is 9.78 Å². The number of hydrogen-bond donors (Lipinski definition) is 0. The van der Waals surface area contributed by atoms with Gasteiger partial charge in [0.2, 0.25) is 0 Å². The standard InChI is InChI=1S/C18H16ClN3O2/c1-13-9-15(10-20-17(13)19)12-24-18(23)16-7-8-22(21-16)11-14-5-3-2-4-6-14/h2-10H,11-12H2,1H3. The smallest absolute Gasteiger partial charge is 0.359 e. The van der Waals surface area contributed by atoms with Gasteiger partial charge in [-0.1, -0.05) is 41.9 Å². The molecule has 0 amide bonds. The molecule has 0 aliphatic heterocycles. The summed E-state index contributed by atoms with van der Waals surface area (Å²) in [6.45, 7) is 2.59. The number of rotatable bonds is 5. The number of halogens is 1. The summed E-state index contributed by atoms with van der Waals surface area (Å²) in [6, 6.07) is 13.4. The van der Waals surface area contributed by atoms with Gasteiger partial charge in [0.15, 0.2) is 5.69 Å². The van der Waals surface area contributed by atoms with Crippen LogP contribution in [0.1, 0.15) is 27.2 Å². The molecule has 0 unspecified atom stereocenters. The van der Waals surface area contributed by atoms with Crippen LogP contribution in [0.25, 0.3) is 0 Å². The maximum Gasteiger partial charge on any atom is 0.359 e. The minimum Gasteiger partial charge on any atom is -0.456 e. The lowest BCUT2D eigenvalue weighted by Gasteiger charge is -2.05. The Balaban J connectivity index is 1.60. The summed E-state index contributed by atoms with van der Waals surface area (Å²) in [6.07, 6.45) is 3.36. The van der Waals surface area contributed by atoms with Crippen LogP contribution in [0.5, 0.6) is 0 Å². The molecule has 0 spiro atoms. The first-order chi connectivity index (χ1) is 11.6. The Labute approximate surface area is 144 Å². The molecule has 0 radical (unpaired) electrons. The van der Waals surface area contributed by atoms with Crippen LogP contribution in [0.15, 0.2) is 54.9 Å². The van der Waals surface area contributed by atoms with Crippen LogP contribution in [0.2, 0.25) is 5.15 Å².